The molecule has 0 bridgehead atoms. The van der Waals surface area contributed by atoms with Crippen LogP contribution in [0.15, 0.2) is 0 Å². The van der Waals surface area contributed by atoms with Gasteiger partial charge in [-0.3, -0.25) is 4.90 Å². The average molecular weight is 280 g/mol. The second-order valence-electron chi connectivity index (χ2n) is 5.15. The molecular weight excluding hydrogens is 255 g/mol. The Balaban J connectivity index is 2.74. The number of halogens is 1. The van der Waals surface area contributed by atoms with Gasteiger partial charge in [-0.25, -0.2) is 17.1 Å². The molecule has 0 saturated carbocycles. The molecule has 18 heavy (non-hydrogen) atoms. The molecule has 1 aliphatic rings. The highest BCUT2D eigenvalue weighted by Gasteiger charge is 2.36. The van der Waals surface area contributed by atoms with E-state index in [2.05, 4.69) is 18.7 Å². The second kappa shape index (κ2) is 6.30. The smallest absolute Gasteiger partial charge is 0.211 e. The number of nitrogens with zero attached hydrogens (tertiary/aromatic N) is 2. The summed E-state index contributed by atoms with van der Waals surface area (Å²) in [6.45, 7) is 7.24. The van der Waals surface area contributed by atoms with Gasteiger partial charge in [0.1, 0.15) is 6.17 Å². The summed E-state index contributed by atoms with van der Waals surface area (Å²) in [7, 11) is -3.19. The topological polar surface area (TPSA) is 40.6 Å². The zero-order valence-corrected chi connectivity index (χ0v) is 12.6. The molecule has 0 aromatic heterocycles. The molecule has 4 nitrogen and oxygen atoms in total. The van der Waals surface area contributed by atoms with Gasteiger partial charge in [0.25, 0.3) is 0 Å². The predicted molar refractivity (Wildman–Crippen MR) is 71.9 cm³/mol. The van der Waals surface area contributed by atoms with E-state index in [0.29, 0.717) is 32.1 Å². The van der Waals surface area contributed by atoms with Gasteiger partial charge in [-0.2, -0.15) is 0 Å². The molecule has 0 amide bonds. The van der Waals surface area contributed by atoms with Crippen LogP contribution in [0.5, 0.6) is 0 Å². The molecule has 0 N–H and O–H groups in total. The summed E-state index contributed by atoms with van der Waals surface area (Å²) in [6.07, 6.45) is 1.78. The van der Waals surface area contributed by atoms with Gasteiger partial charge in [0.05, 0.1) is 6.26 Å². The first-order valence-electron chi connectivity index (χ1n) is 6.64. The van der Waals surface area contributed by atoms with Gasteiger partial charge >= 0.3 is 0 Å². The van der Waals surface area contributed by atoms with Crippen LogP contribution in [-0.4, -0.2) is 61.8 Å². The number of likely N-dealkylation sites (tertiary alicyclic amines) is 1. The fourth-order valence-electron chi connectivity index (χ4n) is 2.57. The maximum Gasteiger partial charge on any atom is 0.211 e. The molecule has 6 heteroatoms. The van der Waals surface area contributed by atoms with Crippen molar-refractivity contribution in [3.8, 4) is 0 Å². The summed E-state index contributed by atoms with van der Waals surface area (Å²) >= 11 is 0. The highest BCUT2D eigenvalue weighted by Crippen LogP contribution is 2.25. The minimum Gasteiger partial charge on any atom is -0.293 e. The van der Waals surface area contributed by atoms with Crippen molar-refractivity contribution in [1.82, 2.24) is 9.21 Å². The number of hydrogen-bond acceptors (Lipinski definition) is 3. The molecule has 3 unspecified atom stereocenters. The lowest BCUT2D eigenvalue weighted by Crippen LogP contribution is -2.45. The van der Waals surface area contributed by atoms with Crippen LogP contribution in [0.1, 0.15) is 33.6 Å². The van der Waals surface area contributed by atoms with Crippen molar-refractivity contribution >= 4 is 10.0 Å². The van der Waals surface area contributed by atoms with E-state index < -0.39 is 16.2 Å². The Kier molecular flexibility index (Phi) is 5.55. The molecule has 0 aromatic rings. The maximum absolute atomic E-state index is 13.6. The van der Waals surface area contributed by atoms with E-state index in [4.69, 9.17) is 0 Å². The number of hydrogen-bond donors (Lipinski definition) is 0. The molecule has 1 heterocycles. The average Bonchev–Trinajstić information content (AvgIpc) is 2.64. The molecule has 0 aliphatic carbocycles. The molecule has 1 rings (SSSR count). The molecular formula is C12H25FN2O2S. The van der Waals surface area contributed by atoms with Crippen molar-refractivity contribution in [2.45, 2.75) is 51.9 Å². The van der Waals surface area contributed by atoms with Crippen molar-refractivity contribution in [2.75, 3.05) is 25.9 Å². The van der Waals surface area contributed by atoms with Gasteiger partial charge in [0.15, 0.2) is 0 Å². The number of sulfonamides is 1. The third-order valence-corrected chi connectivity index (χ3v) is 5.14. The zero-order chi connectivity index (χ0) is 13.9. The Bertz CT molecular complexity index is 361. The Labute approximate surface area is 110 Å². The summed E-state index contributed by atoms with van der Waals surface area (Å²) in [4.78, 5) is 2.11. The van der Waals surface area contributed by atoms with Gasteiger partial charge in [-0.15, -0.1) is 0 Å². The minimum atomic E-state index is -3.19. The SMILES string of the molecule is CCC(C)N1CC(F)CC1CN(CC)S(C)(=O)=O. The van der Waals surface area contributed by atoms with Gasteiger partial charge in [-0.1, -0.05) is 13.8 Å². The summed E-state index contributed by atoms with van der Waals surface area (Å²) in [5.74, 6) is 0. The highest BCUT2D eigenvalue weighted by molar-refractivity contribution is 7.88. The van der Waals surface area contributed by atoms with Crippen LogP contribution in [0.2, 0.25) is 0 Å². The van der Waals surface area contributed by atoms with Crippen molar-refractivity contribution in [2.24, 2.45) is 0 Å². The molecule has 3 atom stereocenters. The van der Waals surface area contributed by atoms with Crippen LogP contribution >= 0.6 is 0 Å². The van der Waals surface area contributed by atoms with Crippen LogP contribution in [0.4, 0.5) is 4.39 Å². The monoisotopic (exact) mass is 280 g/mol. The minimum absolute atomic E-state index is 0.00428. The molecule has 0 aromatic carbocycles. The zero-order valence-electron chi connectivity index (χ0n) is 11.8. The van der Waals surface area contributed by atoms with Crippen molar-refractivity contribution in [3.05, 3.63) is 0 Å². The lowest BCUT2D eigenvalue weighted by molar-refractivity contribution is 0.162. The summed E-state index contributed by atoms with van der Waals surface area (Å²) in [6, 6.07) is 0.304. The fourth-order valence-corrected chi connectivity index (χ4v) is 3.48. The van der Waals surface area contributed by atoms with Gasteiger partial charge in [0, 0.05) is 31.7 Å². The van der Waals surface area contributed by atoms with E-state index in [1.807, 2.05) is 6.92 Å². The second-order valence-corrected chi connectivity index (χ2v) is 7.14. The molecule has 0 spiro atoms. The summed E-state index contributed by atoms with van der Waals surface area (Å²) in [5.41, 5.74) is 0. The molecule has 0 radical (unpaired) electrons. The van der Waals surface area contributed by atoms with Crippen LogP contribution in [0.3, 0.4) is 0 Å². The molecule has 108 valence electrons. The van der Waals surface area contributed by atoms with E-state index >= 15 is 0 Å². The van der Waals surface area contributed by atoms with Gasteiger partial charge in [0.2, 0.25) is 10.0 Å². The normalized spacial score (nSPS) is 27.9. The Morgan fingerprint density at radius 1 is 1.44 bits per heavy atom. The first-order valence-corrected chi connectivity index (χ1v) is 8.49. The van der Waals surface area contributed by atoms with E-state index in [1.165, 1.54) is 10.6 Å². The molecule has 1 aliphatic heterocycles. The third-order valence-electron chi connectivity index (χ3n) is 3.80. The van der Waals surface area contributed by atoms with Crippen molar-refractivity contribution in [3.63, 3.8) is 0 Å². The fraction of sp³-hybridized carbons (Fsp3) is 1.00. The summed E-state index contributed by atoms with van der Waals surface area (Å²) < 4.78 is 38.2. The van der Waals surface area contributed by atoms with Crippen LogP contribution in [0.25, 0.3) is 0 Å². The van der Waals surface area contributed by atoms with Crippen LogP contribution in [0, 0.1) is 0 Å². The van der Waals surface area contributed by atoms with Crippen LogP contribution < -0.4 is 0 Å². The van der Waals surface area contributed by atoms with Crippen molar-refractivity contribution in [1.29, 1.82) is 0 Å². The lowest BCUT2D eigenvalue weighted by atomic mass is 10.1. The standard InChI is InChI=1S/C12H25FN2O2S/c1-5-10(3)15-8-11(13)7-12(15)9-14(6-2)18(4,16)17/h10-12H,5-9H2,1-4H3. The van der Waals surface area contributed by atoms with Crippen LogP contribution in [-0.2, 0) is 10.0 Å². The van der Waals surface area contributed by atoms with E-state index in [1.54, 1.807) is 0 Å². The first-order chi connectivity index (χ1) is 8.29. The lowest BCUT2D eigenvalue weighted by Gasteiger charge is -2.32. The predicted octanol–water partition coefficient (Wildman–Crippen LogP) is 1.48. The Hall–Kier alpha value is -0.200. The Morgan fingerprint density at radius 3 is 2.50 bits per heavy atom. The molecule has 1 saturated heterocycles. The maximum atomic E-state index is 13.6. The third kappa shape index (κ3) is 3.90. The van der Waals surface area contributed by atoms with E-state index in [0.717, 1.165) is 6.42 Å². The molecule has 1 fully saturated rings. The van der Waals surface area contributed by atoms with E-state index in [-0.39, 0.29) is 6.04 Å². The number of alkyl halides is 1. The quantitative estimate of drug-likeness (QED) is 0.740. The van der Waals surface area contributed by atoms with E-state index in [9.17, 15) is 12.8 Å². The number of rotatable bonds is 6. The highest BCUT2D eigenvalue weighted by atomic mass is 32.2. The first kappa shape index (κ1) is 15.9. The van der Waals surface area contributed by atoms with Gasteiger partial charge < -0.3 is 0 Å². The number of likely N-dealkylation sites (N-methyl/N-ethyl adjacent to an activating group) is 1. The Morgan fingerprint density at radius 2 is 2.06 bits per heavy atom. The van der Waals surface area contributed by atoms with Crippen molar-refractivity contribution < 1.29 is 12.8 Å². The largest absolute Gasteiger partial charge is 0.293 e. The summed E-state index contributed by atoms with van der Waals surface area (Å²) in [5, 5.41) is 0. The van der Waals surface area contributed by atoms with Gasteiger partial charge in [-0.05, 0) is 19.8 Å².